The Balaban J connectivity index is 2.57. The lowest BCUT2D eigenvalue weighted by Gasteiger charge is -2.24. The first-order chi connectivity index (χ1) is 5.68. The average molecular weight is 169 g/mol. The van der Waals surface area contributed by atoms with E-state index in [4.69, 9.17) is 5.73 Å². The largest absolute Gasteiger partial charge is 0.370 e. The molecule has 1 aliphatic rings. The molecular formula is C9H15NO2. The highest BCUT2D eigenvalue weighted by molar-refractivity contribution is 5.75. The van der Waals surface area contributed by atoms with E-state index in [1.165, 1.54) is 0 Å². The van der Waals surface area contributed by atoms with E-state index >= 15 is 0 Å². The molecule has 1 rings (SSSR count). The minimum Gasteiger partial charge on any atom is -0.370 e. The molecule has 0 atom stereocenters. The molecule has 1 fully saturated rings. The second-order valence-electron chi connectivity index (χ2n) is 3.72. The van der Waals surface area contributed by atoms with Crippen LogP contribution >= 0.6 is 0 Å². The predicted octanol–water partition coefficient (Wildman–Crippen LogP) is 1.01. The van der Waals surface area contributed by atoms with Gasteiger partial charge in [-0.2, -0.15) is 0 Å². The van der Waals surface area contributed by atoms with Gasteiger partial charge in [0, 0.05) is 12.8 Å². The number of aldehydes is 1. The molecule has 0 spiro atoms. The number of hydrogen-bond acceptors (Lipinski definition) is 2. The molecule has 0 unspecified atom stereocenters. The van der Waals surface area contributed by atoms with Crippen LogP contribution in [0.2, 0.25) is 0 Å². The molecular weight excluding hydrogens is 154 g/mol. The lowest BCUT2D eigenvalue weighted by molar-refractivity contribution is -0.120. The van der Waals surface area contributed by atoms with Gasteiger partial charge in [-0.05, 0) is 18.3 Å². The van der Waals surface area contributed by atoms with Gasteiger partial charge < -0.3 is 10.5 Å². The summed E-state index contributed by atoms with van der Waals surface area (Å²) in [5, 5.41) is 0. The third-order valence-corrected chi connectivity index (χ3v) is 2.73. The molecule has 0 aromatic heterocycles. The number of amides is 1. The van der Waals surface area contributed by atoms with Gasteiger partial charge in [-0.3, -0.25) is 4.79 Å². The van der Waals surface area contributed by atoms with Gasteiger partial charge in [-0.15, -0.1) is 0 Å². The van der Waals surface area contributed by atoms with Crippen LogP contribution in [-0.4, -0.2) is 12.2 Å². The minimum atomic E-state index is -0.279. The van der Waals surface area contributed by atoms with Gasteiger partial charge >= 0.3 is 0 Å². The normalized spacial score (nSPS) is 20.7. The molecule has 0 aromatic rings. The maximum Gasteiger partial charge on any atom is 0.217 e. The van der Waals surface area contributed by atoms with Crippen molar-refractivity contribution in [3.8, 4) is 0 Å². The van der Waals surface area contributed by atoms with Crippen LogP contribution in [0.1, 0.15) is 38.5 Å². The van der Waals surface area contributed by atoms with Crippen LogP contribution in [0.15, 0.2) is 0 Å². The van der Waals surface area contributed by atoms with Crippen LogP contribution in [0.3, 0.4) is 0 Å². The number of hydrogen-bond donors (Lipinski definition) is 1. The highest BCUT2D eigenvalue weighted by atomic mass is 16.1. The Labute approximate surface area is 72.3 Å². The van der Waals surface area contributed by atoms with Crippen LogP contribution in [0.4, 0.5) is 0 Å². The van der Waals surface area contributed by atoms with Crippen LogP contribution in [0, 0.1) is 5.41 Å². The van der Waals surface area contributed by atoms with Crippen molar-refractivity contribution in [2.24, 2.45) is 11.1 Å². The van der Waals surface area contributed by atoms with Crippen molar-refractivity contribution in [1.82, 2.24) is 0 Å². The van der Waals surface area contributed by atoms with E-state index in [9.17, 15) is 9.59 Å². The molecule has 3 heteroatoms. The smallest absolute Gasteiger partial charge is 0.217 e. The quantitative estimate of drug-likeness (QED) is 0.638. The number of carbonyl (C=O) groups excluding carboxylic acids is 2. The van der Waals surface area contributed by atoms with Crippen LogP contribution in [0.25, 0.3) is 0 Å². The maximum atomic E-state index is 10.7. The zero-order valence-electron chi connectivity index (χ0n) is 7.21. The Hall–Kier alpha value is -0.860. The number of primary amides is 1. The monoisotopic (exact) mass is 169 g/mol. The third-order valence-electron chi connectivity index (χ3n) is 2.73. The van der Waals surface area contributed by atoms with E-state index < -0.39 is 0 Å². The van der Waals surface area contributed by atoms with Crippen molar-refractivity contribution in [2.75, 3.05) is 0 Å². The summed E-state index contributed by atoms with van der Waals surface area (Å²) in [6.45, 7) is 0. The molecule has 0 bridgehead atoms. The van der Waals surface area contributed by atoms with Gasteiger partial charge in [0.05, 0.1) is 0 Å². The van der Waals surface area contributed by atoms with Crippen LogP contribution in [-0.2, 0) is 9.59 Å². The Kier molecular flexibility index (Phi) is 2.84. The highest BCUT2D eigenvalue weighted by Crippen LogP contribution is 2.43. The van der Waals surface area contributed by atoms with Crippen molar-refractivity contribution in [3.05, 3.63) is 0 Å². The average Bonchev–Trinajstić information content (AvgIpc) is 2.36. The Morgan fingerprint density at radius 2 is 2.00 bits per heavy atom. The van der Waals surface area contributed by atoms with Crippen molar-refractivity contribution in [3.63, 3.8) is 0 Å². The maximum absolute atomic E-state index is 10.7. The Morgan fingerprint density at radius 3 is 2.42 bits per heavy atom. The van der Waals surface area contributed by atoms with E-state index in [2.05, 4.69) is 0 Å². The summed E-state index contributed by atoms with van der Waals surface area (Å²) in [6.07, 6.45) is 6.00. The molecule has 1 aliphatic carbocycles. The number of nitrogens with two attached hydrogens (primary N) is 1. The summed E-state index contributed by atoms with van der Waals surface area (Å²) in [7, 11) is 0. The first-order valence-electron chi connectivity index (χ1n) is 4.40. The Morgan fingerprint density at radius 1 is 1.42 bits per heavy atom. The SMILES string of the molecule is NC(=O)CC1(CC=O)CCCC1. The molecule has 68 valence electrons. The molecule has 0 heterocycles. The van der Waals surface area contributed by atoms with E-state index in [-0.39, 0.29) is 11.3 Å². The molecule has 3 nitrogen and oxygen atoms in total. The molecule has 12 heavy (non-hydrogen) atoms. The van der Waals surface area contributed by atoms with E-state index in [1.807, 2.05) is 0 Å². The molecule has 0 aliphatic heterocycles. The minimum absolute atomic E-state index is 0.0758. The van der Waals surface area contributed by atoms with E-state index in [0.29, 0.717) is 12.8 Å². The topological polar surface area (TPSA) is 60.2 Å². The fraction of sp³-hybridized carbons (Fsp3) is 0.778. The van der Waals surface area contributed by atoms with Crippen molar-refractivity contribution < 1.29 is 9.59 Å². The third kappa shape index (κ3) is 2.06. The summed E-state index contributed by atoms with van der Waals surface area (Å²) < 4.78 is 0. The van der Waals surface area contributed by atoms with Crippen molar-refractivity contribution in [2.45, 2.75) is 38.5 Å². The van der Waals surface area contributed by atoms with Gasteiger partial charge in [-0.1, -0.05) is 12.8 Å². The standard InChI is InChI=1S/C9H15NO2/c10-8(12)7-9(5-6-11)3-1-2-4-9/h6H,1-5,7H2,(H2,10,12). The van der Waals surface area contributed by atoms with Crippen molar-refractivity contribution in [1.29, 1.82) is 0 Å². The molecule has 1 saturated carbocycles. The second-order valence-corrected chi connectivity index (χ2v) is 3.72. The molecule has 0 radical (unpaired) electrons. The van der Waals surface area contributed by atoms with Gasteiger partial charge in [0.2, 0.25) is 5.91 Å². The number of carbonyl (C=O) groups is 2. The number of rotatable bonds is 4. The molecule has 1 amide bonds. The Bertz CT molecular complexity index is 183. The lowest BCUT2D eigenvalue weighted by atomic mass is 9.80. The fourth-order valence-corrected chi connectivity index (χ4v) is 2.12. The second kappa shape index (κ2) is 3.70. The van der Waals surface area contributed by atoms with Gasteiger partial charge in [-0.25, -0.2) is 0 Å². The summed E-state index contributed by atoms with van der Waals surface area (Å²) in [5.74, 6) is -0.279. The van der Waals surface area contributed by atoms with Crippen LogP contribution < -0.4 is 5.73 Å². The summed E-state index contributed by atoms with van der Waals surface area (Å²) >= 11 is 0. The highest BCUT2D eigenvalue weighted by Gasteiger charge is 2.34. The fourth-order valence-electron chi connectivity index (χ4n) is 2.12. The van der Waals surface area contributed by atoms with E-state index in [1.54, 1.807) is 0 Å². The molecule has 0 aromatic carbocycles. The first kappa shape index (κ1) is 9.23. The van der Waals surface area contributed by atoms with Crippen LogP contribution in [0.5, 0.6) is 0 Å². The molecule has 2 N–H and O–H groups in total. The molecule has 0 saturated heterocycles. The van der Waals surface area contributed by atoms with Gasteiger partial charge in [0.1, 0.15) is 6.29 Å². The van der Waals surface area contributed by atoms with Gasteiger partial charge in [0.25, 0.3) is 0 Å². The first-order valence-corrected chi connectivity index (χ1v) is 4.40. The van der Waals surface area contributed by atoms with Crippen molar-refractivity contribution >= 4 is 12.2 Å². The lowest BCUT2D eigenvalue weighted by Crippen LogP contribution is -2.25. The predicted molar refractivity (Wildman–Crippen MR) is 45.4 cm³/mol. The van der Waals surface area contributed by atoms with E-state index in [0.717, 1.165) is 32.0 Å². The zero-order valence-corrected chi connectivity index (χ0v) is 7.21. The zero-order chi connectivity index (χ0) is 9.03. The summed E-state index contributed by atoms with van der Waals surface area (Å²) in [6, 6.07) is 0. The summed E-state index contributed by atoms with van der Waals surface area (Å²) in [5.41, 5.74) is 5.06. The summed E-state index contributed by atoms with van der Waals surface area (Å²) in [4.78, 5) is 21.1. The van der Waals surface area contributed by atoms with Gasteiger partial charge in [0.15, 0.2) is 0 Å².